The van der Waals surface area contributed by atoms with Crippen molar-refractivity contribution in [1.29, 1.82) is 0 Å². The maximum atomic E-state index is 11.1. The summed E-state index contributed by atoms with van der Waals surface area (Å²) in [5.41, 5.74) is 0. The first-order valence-electron chi connectivity index (χ1n) is 6.44. The van der Waals surface area contributed by atoms with Gasteiger partial charge in [-0.2, -0.15) is 0 Å². The van der Waals surface area contributed by atoms with Crippen molar-refractivity contribution in [3.05, 3.63) is 0 Å². The van der Waals surface area contributed by atoms with Crippen LogP contribution in [0.25, 0.3) is 0 Å². The minimum absolute atomic E-state index is 0.0837. The van der Waals surface area contributed by atoms with Crippen molar-refractivity contribution in [2.75, 3.05) is 33.2 Å². The third kappa shape index (κ3) is 3.76. The highest BCUT2D eigenvalue weighted by Crippen LogP contribution is 2.30. The van der Waals surface area contributed by atoms with Gasteiger partial charge in [0.15, 0.2) is 0 Å². The molecule has 1 aliphatic heterocycles. The molecule has 2 rings (SSSR count). The van der Waals surface area contributed by atoms with E-state index in [2.05, 4.69) is 15.5 Å². The van der Waals surface area contributed by atoms with Crippen molar-refractivity contribution in [3.63, 3.8) is 0 Å². The zero-order valence-corrected chi connectivity index (χ0v) is 10.2. The van der Waals surface area contributed by atoms with Gasteiger partial charge in [0.1, 0.15) is 0 Å². The van der Waals surface area contributed by atoms with Crippen molar-refractivity contribution >= 4 is 5.91 Å². The highest BCUT2D eigenvalue weighted by Gasteiger charge is 2.26. The number of carbonyl (C=O) groups is 1. The molecule has 0 spiro atoms. The van der Waals surface area contributed by atoms with Crippen LogP contribution in [0.5, 0.6) is 0 Å². The summed E-state index contributed by atoms with van der Waals surface area (Å²) in [5.74, 6) is 1.08. The maximum Gasteiger partial charge on any atom is 0.233 e. The fraction of sp³-hybridized carbons (Fsp3) is 0.917. The molecule has 1 amide bonds. The maximum absolute atomic E-state index is 11.1. The average molecular weight is 225 g/mol. The highest BCUT2D eigenvalue weighted by molar-refractivity contribution is 5.77. The number of hydrogen-bond donors (Lipinski definition) is 2. The molecule has 2 N–H and O–H groups in total. The van der Waals surface area contributed by atoms with E-state index < -0.39 is 0 Å². The lowest BCUT2D eigenvalue weighted by Crippen LogP contribution is -2.45. The second-order valence-corrected chi connectivity index (χ2v) is 5.07. The summed E-state index contributed by atoms with van der Waals surface area (Å²) in [4.78, 5) is 13.7. The number of nitrogens with zero attached hydrogens (tertiary/aromatic N) is 1. The summed E-state index contributed by atoms with van der Waals surface area (Å²) >= 11 is 0. The Hall–Kier alpha value is -0.610. The van der Waals surface area contributed by atoms with Crippen LogP contribution in [0.3, 0.4) is 0 Å². The SMILES string of the molecule is CNC(=O)CNC1CCN(CC2CC2)CC1. The molecule has 16 heavy (non-hydrogen) atoms. The van der Waals surface area contributed by atoms with Crippen LogP contribution >= 0.6 is 0 Å². The smallest absolute Gasteiger partial charge is 0.233 e. The molecule has 2 fully saturated rings. The normalized spacial score (nSPS) is 23.3. The van der Waals surface area contributed by atoms with E-state index in [9.17, 15) is 4.79 Å². The molecule has 0 aromatic carbocycles. The standard InChI is InChI=1S/C12H23N3O/c1-13-12(16)8-14-11-4-6-15(7-5-11)9-10-2-3-10/h10-11,14H,2-9H2,1H3,(H,13,16). The molecular formula is C12H23N3O. The first-order chi connectivity index (χ1) is 7.78. The minimum atomic E-state index is 0.0837. The number of nitrogens with one attached hydrogen (secondary N) is 2. The fourth-order valence-electron chi connectivity index (χ4n) is 2.31. The minimum Gasteiger partial charge on any atom is -0.358 e. The molecule has 0 radical (unpaired) electrons. The van der Waals surface area contributed by atoms with Crippen LogP contribution < -0.4 is 10.6 Å². The predicted octanol–water partition coefficient (Wildman–Crippen LogP) is 0.196. The van der Waals surface area contributed by atoms with Crippen LogP contribution in [-0.2, 0) is 4.79 Å². The highest BCUT2D eigenvalue weighted by atomic mass is 16.1. The van der Waals surface area contributed by atoms with Gasteiger partial charge >= 0.3 is 0 Å². The van der Waals surface area contributed by atoms with Crippen LogP contribution in [0, 0.1) is 5.92 Å². The lowest BCUT2D eigenvalue weighted by Gasteiger charge is -2.32. The Morgan fingerprint density at radius 2 is 1.94 bits per heavy atom. The molecule has 0 atom stereocenters. The third-order valence-electron chi connectivity index (χ3n) is 3.63. The van der Waals surface area contributed by atoms with E-state index in [0.717, 1.165) is 5.92 Å². The first kappa shape index (κ1) is 11.9. The molecule has 1 heterocycles. The second kappa shape index (κ2) is 5.64. The van der Waals surface area contributed by atoms with Crippen LogP contribution in [0.2, 0.25) is 0 Å². The van der Waals surface area contributed by atoms with Crippen LogP contribution in [0.1, 0.15) is 25.7 Å². The van der Waals surface area contributed by atoms with Crippen molar-refractivity contribution in [1.82, 2.24) is 15.5 Å². The molecular weight excluding hydrogens is 202 g/mol. The molecule has 2 aliphatic rings. The topological polar surface area (TPSA) is 44.4 Å². The molecule has 4 heteroatoms. The Morgan fingerprint density at radius 1 is 1.25 bits per heavy atom. The van der Waals surface area contributed by atoms with Crippen LogP contribution in [0.15, 0.2) is 0 Å². The van der Waals surface area contributed by atoms with E-state index in [4.69, 9.17) is 0 Å². The number of likely N-dealkylation sites (N-methyl/N-ethyl adjacent to an activating group) is 1. The fourth-order valence-corrected chi connectivity index (χ4v) is 2.31. The van der Waals surface area contributed by atoms with Gasteiger partial charge in [-0.3, -0.25) is 4.79 Å². The Kier molecular flexibility index (Phi) is 4.18. The van der Waals surface area contributed by atoms with E-state index in [1.165, 1.54) is 45.3 Å². The van der Waals surface area contributed by atoms with Crippen LogP contribution in [0.4, 0.5) is 0 Å². The summed E-state index contributed by atoms with van der Waals surface area (Å²) in [7, 11) is 1.68. The summed E-state index contributed by atoms with van der Waals surface area (Å²) in [5, 5.41) is 5.96. The predicted molar refractivity (Wildman–Crippen MR) is 64.3 cm³/mol. The summed E-state index contributed by atoms with van der Waals surface area (Å²) in [6.07, 6.45) is 5.25. The van der Waals surface area contributed by atoms with Gasteiger partial charge in [-0.15, -0.1) is 0 Å². The Bertz CT molecular complexity index is 232. The molecule has 0 bridgehead atoms. The largest absolute Gasteiger partial charge is 0.358 e. The van der Waals surface area contributed by atoms with Crippen LogP contribution in [-0.4, -0.2) is 50.1 Å². The summed E-state index contributed by atoms with van der Waals surface area (Å²) < 4.78 is 0. The van der Waals surface area contributed by atoms with Gasteiger partial charge in [0.25, 0.3) is 0 Å². The van der Waals surface area contributed by atoms with Crippen molar-refractivity contribution in [3.8, 4) is 0 Å². The zero-order chi connectivity index (χ0) is 11.4. The van der Waals surface area contributed by atoms with Gasteiger partial charge in [0, 0.05) is 19.6 Å². The van der Waals surface area contributed by atoms with Crippen molar-refractivity contribution in [2.45, 2.75) is 31.7 Å². The molecule has 92 valence electrons. The van der Waals surface area contributed by atoms with Gasteiger partial charge in [-0.1, -0.05) is 0 Å². The molecule has 1 aliphatic carbocycles. The van der Waals surface area contributed by atoms with Gasteiger partial charge in [-0.05, 0) is 44.7 Å². The van der Waals surface area contributed by atoms with Gasteiger partial charge in [0.05, 0.1) is 6.54 Å². The number of hydrogen-bond acceptors (Lipinski definition) is 3. The lowest BCUT2D eigenvalue weighted by atomic mass is 10.0. The molecule has 0 aromatic heterocycles. The Labute approximate surface area is 97.8 Å². The van der Waals surface area contributed by atoms with Gasteiger partial charge in [0.2, 0.25) is 5.91 Å². The molecule has 4 nitrogen and oxygen atoms in total. The molecule has 0 unspecified atom stereocenters. The van der Waals surface area contributed by atoms with E-state index in [-0.39, 0.29) is 5.91 Å². The first-order valence-corrected chi connectivity index (χ1v) is 6.44. The van der Waals surface area contributed by atoms with E-state index in [0.29, 0.717) is 12.6 Å². The monoisotopic (exact) mass is 225 g/mol. The summed E-state index contributed by atoms with van der Waals surface area (Å²) in [6, 6.07) is 0.535. The lowest BCUT2D eigenvalue weighted by molar-refractivity contribution is -0.119. The van der Waals surface area contributed by atoms with E-state index >= 15 is 0 Å². The van der Waals surface area contributed by atoms with E-state index in [1.807, 2.05) is 0 Å². The van der Waals surface area contributed by atoms with Gasteiger partial charge < -0.3 is 15.5 Å². The number of piperidine rings is 1. The number of likely N-dealkylation sites (tertiary alicyclic amines) is 1. The number of rotatable bonds is 5. The van der Waals surface area contributed by atoms with Crippen molar-refractivity contribution in [2.24, 2.45) is 5.92 Å². The third-order valence-corrected chi connectivity index (χ3v) is 3.63. The molecule has 0 aromatic rings. The summed E-state index contributed by atoms with van der Waals surface area (Å²) in [6.45, 7) is 4.16. The van der Waals surface area contributed by atoms with Gasteiger partial charge in [-0.25, -0.2) is 0 Å². The van der Waals surface area contributed by atoms with Crippen molar-refractivity contribution < 1.29 is 4.79 Å². The Balaban J connectivity index is 1.58. The Morgan fingerprint density at radius 3 is 2.50 bits per heavy atom. The average Bonchev–Trinajstić information content (AvgIpc) is 3.11. The molecule has 1 saturated carbocycles. The number of amides is 1. The number of carbonyl (C=O) groups excluding carboxylic acids is 1. The quantitative estimate of drug-likeness (QED) is 0.702. The second-order valence-electron chi connectivity index (χ2n) is 5.07. The molecule has 1 saturated heterocycles. The zero-order valence-electron chi connectivity index (χ0n) is 10.2. The van der Waals surface area contributed by atoms with E-state index in [1.54, 1.807) is 7.05 Å².